The quantitative estimate of drug-likeness (QED) is 0.538. The predicted molar refractivity (Wildman–Crippen MR) is 57.8 cm³/mol. The molecule has 1 unspecified atom stereocenters. The Morgan fingerprint density at radius 1 is 1.44 bits per heavy atom. The molecule has 0 aromatic rings. The van der Waals surface area contributed by atoms with E-state index in [0.717, 1.165) is 12.8 Å². The summed E-state index contributed by atoms with van der Waals surface area (Å²) in [5.41, 5.74) is 0. The van der Waals surface area contributed by atoms with Crippen molar-refractivity contribution >= 4 is 17.5 Å². The molecule has 16 heavy (non-hydrogen) atoms. The first-order chi connectivity index (χ1) is 7.56. The summed E-state index contributed by atoms with van der Waals surface area (Å²) in [7, 11) is 0. The van der Waals surface area contributed by atoms with Gasteiger partial charge in [-0.25, -0.2) is 0 Å². The molecule has 0 aromatic carbocycles. The summed E-state index contributed by atoms with van der Waals surface area (Å²) in [6.07, 6.45) is 2.26. The van der Waals surface area contributed by atoms with Crippen molar-refractivity contribution in [3.63, 3.8) is 0 Å². The third-order valence-electron chi connectivity index (χ3n) is 2.91. The topological polar surface area (TPSA) is 60.4 Å². The van der Waals surface area contributed by atoms with E-state index in [1.807, 2.05) is 0 Å². The first kappa shape index (κ1) is 12.9. The van der Waals surface area contributed by atoms with Crippen molar-refractivity contribution < 1.29 is 19.1 Å². The molecular weight excluding hydrogens is 208 g/mol. The molecule has 1 rings (SSSR count). The van der Waals surface area contributed by atoms with E-state index in [1.54, 1.807) is 6.92 Å². The predicted octanol–water partition coefficient (Wildman–Crippen LogP) is 1.51. The maximum atomic E-state index is 11.7. The Morgan fingerprint density at radius 3 is 2.69 bits per heavy atom. The van der Waals surface area contributed by atoms with Crippen LogP contribution in [0.1, 0.15) is 39.5 Å². The van der Waals surface area contributed by atoms with Crippen molar-refractivity contribution in [3.8, 4) is 0 Å². The Balaban J connectivity index is 2.74. The minimum absolute atomic E-state index is 0.0222. The molecule has 0 aliphatic heterocycles. The molecule has 0 amide bonds. The van der Waals surface area contributed by atoms with E-state index in [0.29, 0.717) is 12.8 Å². The van der Waals surface area contributed by atoms with E-state index in [-0.39, 0.29) is 24.1 Å². The Hall–Kier alpha value is -1.19. The average molecular weight is 226 g/mol. The summed E-state index contributed by atoms with van der Waals surface area (Å²) >= 11 is 0. The third kappa shape index (κ3) is 3.15. The molecule has 2 atom stereocenters. The first-order valence-corrected chi connectivity index (χ1v) is 5.75. The molecule has 0 bridgehead atoms. The van der Waals surface area contributed by atoms with Crippen LogP contribution in [0.5, 0.6) is 0 Å². The van der Waals surface area contributed by atoms with Crippen LogP contribution in [0.15, 0.2) is 0 Å². The van der Waals surface area contributed by atoms with Crippen molar-refractivity contribution in [3.05, 3.63) is 0 Å². The summed E-state index contributed by atoms with van der Waals surface area (Å²) < 4.78 is 4.89. The van der Waals surface area contributed by atoms with Crippen LogP contribution in [0.25, 0.3) is 0 Å². The highest BCUT2D eigenvalue weighted by molar-refractivity contribution is 6.00. The van der Waals surface area contributed by atoms with E-state index >= 15 is 0 Å². The monoisotopic (exact) mass is 226 g/mol. The minimum atomic E-state index is -0.711. The van der Waals surface area contributed by atoms with Crippen molar-refractivity contribution in [2.75, 3.05) is 6.61 Å². The molecule has 0 spiro atoms. The molecule has 90 valence electrons. The van der Waals surface area contributed by atoms with Gasteiger partial charge in [0.15, 0.2) is 0 Å². The highest BCUT2D eigenvalue weighted by atomic mass is 16.5. The van der Waals surface area contributed by atoms with Gasteiger partial charge in [-0.1, -0.05) is 0 Å². The highest BCUT2D eigenvalue weighted by Gasteiger charge is 2.38. The van der Waals surface area contributed by atoms with Gasteiger partial charge >= 0.3 is 5.97 Å². The van der Waals surface area contributed by atoms with E-state index in [4.69, 9.17) is 4.74 Å². The van der Waals surface area contributed by atoms with Crippen LogP contribution in [0, 0.1) is 11.8 Å². The summed E-state index contributed by atoms with van der Waals surface area (Å²) in [4.78, 5) is 34.4. The Bertz CT molecular complexity index is 295. The fourth-order valence-corrected chi connectivity index (χ4v) is 2.27. The second-order valence-electron chi connectivity index (χ2n) is 4.25. The maximum Gasteiger partial charge on any atom is 0.316 e. The standard InChI is InChI=1S/C12H18O4/c1-3-16-12(15)11-9(7-8(2)13)5-4-6-10(11)14/h9,11H,3-7H2,1-2H3/t9-,11?/m1/s1. The van der Waals surface area contributed by atoms with Gasteiger partial charge in [0, 0.05) is 12.8 Å². The van der Waals surface area contributed by atoms with Gasteiger partial charge in [0.05, 0.1) is 6.61 Å². The highest BCUT2D eigenvalue weighted by Crippen LogP contribution is 2.31. The fraction of sp³-hybridized carbons (Fsp3) is 0.750. The third-order valence-corrected chi connectivity index (χ3v) is 2.91. The second kappa shape index (κ2) is 5.77. The Kier molecular flexibility index (Phi) is 4.65. The molecule has 0 heterocycles. The van der Waals surface area contributed by atoms with Crippen LogP contribution in [-0.2, 0) is 19.1 Å². The SMILES string of the molecule is CCOC(=O)C1C(=O)CCC[C@@H]1CC(C)=O. The van der Waals surface area contributed by atoms with Crippen LogP contribution >= 0.6 is 0 Å². The van der Waals surface area contributed by atoms with E-state index < -0.39 is 11.9 Å². The number of hydrogen-bond acceptors (Lipinski definition) is 4. The van der Waals surface area contributed by atoms with Gasteiger partial charge in [-0.2, -0.15) is 0 Å². The molecule has 4 nitrogen and oxygen atoms in total. The van der Waals surface area contributed by atoms with Crippen LogP contribution < -0.4 is 0 Å². The largest absolute Gasteiger partial charge is 0.465 e. The number of ether oxygens (including phenoxy) is 1. The van der Waals surface area contributed by atoms with Gasteiger partial charge in [0.25, 0.3) is 0 Å². The first-order valence-electron chi connectivity index (χ1n) is 5.75. The number of esters is 1. The minimum Gasteiger partial charge on any atom is -0.465 e. The lowest BCUT2D eigenvalue weighted by molar-refractivity contribution is -0.155. The van der Waals surface area contributed by atoms with Gasteiger partial charge in [-0.3, -0.25) is 9.59 Å². The Morgan fingerprint density at radius 2 is 2.12 bits per heavy atom. The van der Waals surface area contributed by atoms with Gasteiger partial charge in [0.2, 0.25) is 0 Å². The summed E-state index contributed by atoms with van der Waals surface area (Å²) in [5.74, 6) is -1.38. The summed E-state index contributed by atoms with van der Waals surface area (Å²) in [6.45, 7) is 3.47. The lowest BCUT2D eigenvalue weighted by atomic mass is 9.76. The van der Waals surface area contributed by atoms with Crippen molar-refractivity contribution in [1.29, 1.82) is 0 Å². The van der Waals surface area contributed by atoms with Crippen molar-refractivity contribution in [2.45, 2.75) is 39.5 Å². The van der Waals surface area contributed by atoms with E-state index in [9.17, 15) is 14.4 Å². The molecule has 4 heteroatoms. The van der Waals surface area contributed by atoms with Gasteiger partial charge in [-0.05, 0) is 32.6 Å². The van der Waals surface area contributed by atoms with Gasteiger partial charge in [-0.15, -0.1) is 0 Å². The zero-order chi connectivity index (χ0) is 12.1. The molecule has 1 fully saturated rings. The lowest BCUT2D eigenvalue weighted by Crippen LogP contribution is -2.37. The van der Waals surface area contributed by atoms with Crippen LogP contribution in [-0.4, -0.2) is 24.1 Å². The Labute approximate surface area is 95.3 Å². The van der Waals surface area contributed by atoms with Crippen LogP contribution in [0.4, 0.5) is 0 Å². The number of rotatable bonds is 4. The smallest absolute Gasteiger partial charge is 0.316 e. The molecule has 0 saturated heterocycles. The molecule has 0 N–H and O–H groups in total. The molecule has 1 saturated carbocycles. The maximum absolute atomic E-state index is 11.7. The summed E-state index contributed by atoms with van der Waals surface area (Å²) in [6, 6.07) is 0. The number of hydrogen-bond donors (Lipinski definition) is 0. The van der Waals surface area contributed by atoms with Crippen LogP contribution in [0.2, 0.25) is 0 Å². The molecule has 0 aromatic heterocycles. The number of Topliss-reactive ketones (excluding diaryl/α,β-unsaturated/α-hetero) is 2. The van der Waals surface area contributed by atoms with Crippen molar-refractivity contribution in [2.24, 2.45) is 11.8 Å². The number of ketones is 2. The average Bonchev–Trinajstić information content (AvgIpc) is 2.16. The molecule has 1 aliphatic rings. The zero-order valence-corrected chi connectivity index (χ0v) is 9.82. The number of carbonyl (C=O) groups excluding carboxylic acids is 3. The van der Waals surface area contributed by atoms with Crippen LogP contribution in [0.3, 0.4) is 0 Å². The van der Waals surface area contributed by atoms with E-state index in [1.165, 1.54) is 6.92 Å². The second-order valence-corrected chi connectivity index (χ2v) is 4.25. The zero-order valence-electron chi connectivity index (χ0n) is 9.82. The molecular formula is C12H18O4. The summed E-state index contributed by atoms with van der Waals surface area (Å²) in [5, 5.41) is 0. The molecule has 1 aliphatic carbocycles. The van der Waals surface area contributed by atoms with Gasteiger partial charge in [0.1, 0.15) is 17.5 Å². The van der Waals surface area contributed by atoms with E-state index in [2.05, 4.69) is 0 Å². The van der Waals surface area contributed by atoms with Crippen molar-refractivity contribution in [1.82, 2.24) is 0 Å². The molecule has 0 radical (unpaired) electrons. The fourth-order valence-electron chi connectivity index (χ4n) is 2.27. The number of carbonyl (C=O) groups is 3. The lowest BCUT2D eigenvalue weighted by Gasteiger charge is -2.27. The van der Waals surface area contributed by atoms with Gasteiger partial charge < -0.3 is 9.53 Å². The normalized spacial score (nSPS) is 25.2.